The Labute approximate surface area is 272 Å². The van der Waals surface area contributed by atoms with Crippen molar-refractivity contribution >= 4 is 55.6 Å². The van der Waals surface area contributed by atoms with Gasteiger partial charge in [0, 0.05) is 58.2 Å². The summed E-state index contributed by atoms with van der Waals surface area (Å²) in [6.07, 6.45) is 0. The number of aromatic nitrogens is 4. The van der Waals surface area contributed by atoms with Gasteiger partial charge in [-0.2, -0.15) is 0 Å². The van der Waals surface area contributed by atoms with Gasteiger partial charge in [0.1, 0.15) is 0 Å². The summed E-state index contributed by atoms with van der Waals surface area (Å²) in [4.78, 5) is 36.3. The molecule has 4 aromatic heterocycles. The first-order valence-electron chi connectivity index (χ1n) is 12.6. The molecule has 8 nitrogen and oxygen atoms in total. The van der Waals surface area contributed by atoms with Gasteiger partial charge in [0.05, 0.1) is 22.1 Å². The van der Waals surface area contributed by atoms with Gasteiger partial charge in [-0.25, -0.2) is 0 Å². The van der Waals surface area contributed by atoms with E-state index in [-0.39, 0.29) is 40.8 Å². The summed E-state index contributed by atoms with van der Waals surface area (Å²) in [5, 5.41) is 19.4. The van der Waals surface area contributed by atoms with E-state index >= 15 is 0 Å². The number of benzene rings is 2. The molecule has 4 heterocycles. The molecule has 2 aromatic carbocycles. The Kier molecular flexibility index (Phi) is 14.5. The Morgan fingerprint density at radius 1 is 0.429 bits per heavy atom. The average molecular weight is 749 g/mol. The molecule has 0 amide bonds. The second-order valence-corrected chi connectivity index (χ2v) is 9.27. The van der Waals surface area contributed by atoms with E-state index in [9.17, 15) is 0 Å². The minimum absolute atomic E-state index is 0. The first kappa shape index (κ1) is 36.4. The maximum absolute atomic E-state index is 9.00. The molecule has 0 unspecified atom stereocenters. The average Bonchev–Trinajstić information content (AvgIpc) is 2.88. The molecule has 0 aliphatic carbocycles. The van der Waals surface area contributed by atoms with Gasteiger partial charge < -0.3 is 10.2 Å². The Hall–Kier alpha value is -3.66. The van der Waals surface area contributed by atoms with Gasteiger partial charge >= 0.3 is 40.8 Å². The van der Waals surface area contributed by atoms with Gasteiger partial charge in [-0.1, -0.05) is 48.5 Å². The van der Waals surface area contributed by atoms with Crippen LogP contribution in [0.1, 0.15) is 36.6 Å². The second-order valence-electron chi connectivity index (χ2n) is 9.27. The van der Waals surface area contributed by atoms with Gasteiger partial charge in [-0.15, -0.1) is 0 Å². The van der Waals surface area contributed by atoms with E-state index in [1.165, 1.54) is 0 Å². The van der Waals surface area contributed by atoms with E-state index in [2.05, 4.69) is 68.5 Å². The van der Waals surface area contributed by atoms with Gasteiger partial charge in [0.2, 0.25) is 0 Å². The van der Waals surface area contributed by atoms with Crippen molar-refractivity contribution in [3.8, 4) is 0 Å². The number of pyridine rings is 4. The molecular weight excluding hydrogens is 717 g/mol. The summed E-state index contributed by atoms with van der Waals surface area (Å²) in [7, 11) is 0. The maximum atomic E-state index is 9.00. The van der Waals surface area contributed by atoms with Gasteiger partial charge in [-0.3, -0.25) is 29.5 Å². The number of fused-ring (bicyclic) bond motifs is 6. The van der Waals surface area contributed by atoms with Crippen LogP contribution in [0.15, 0.2) is 72.8 Å². The maximum Gasteiger partial charge on any atom is 2.00 e. The molecule has 0 atom stereocenters. The Balaban J connectivity index is 0.000000324. The van der Waals surface area contributed by atoms with Crippen LogP contribution in [0.4, 0.5) is 0 Å². The summed E-state index contributed by atoms with van der Waals surface area (Å²) >= 11 is 0. The van der Waals surface area contributed by atoms with Crippen molar-refractivity contribution in [1.82, 2.24) is 19.9 Å². The van der Waals surface area contributed by atoms with Crippen LogP contribution in [0.2, 0.25) is 0 Å². The molecule has 0 aliphatic rings. The van der Waals surface area contributed by atoms with Crippen molar-refractivity contribution in [1.29, 1.82) is 0 Å². The summed E-state index contributed by atoms with van der Waals surface area (Å²) in [5.41, 5.74) is 8.13. The number of hydrogen-bond donors (Lipinski definition) is 2. The third-order valence-electron chi connectivity index (χ3n) is 5.60. The van der Waals surface area contributed by atoms with Crippen molar-refractivity contribution in [2.24, 2.45) is 0 Å². The molecule has 0 fully saturated rings. The van der Waals surface area contributed by atoms with E-state index in [0.717, 1.165) is 80.2 Å². The SMILES string of the molecule is CC(=O)O.CC(=O)O.Cc1ccc2ccc3ccc(C)nc3c2n1.Cc1ccc2ccc3ccc(C)nc3c2n1.[Pd+2].[Pd+2]. The van der Waals surface area contributed by atoms with Crippen LogP contribution in [0.3, 0.4) is 0 Å². The van der Waals surface area contributed by atoms with Crippen LogP contribution in [-0.4, -0.2) is 42.1 Å². The zero-order valence-corrected chi connectivity index (χ0v) is 27.2. The number of carbonyl (C=O) groups is 2. The number of nitrogens with zero attached hydrogens (tertiary/aromatic N) is 4. The molecule has 0 saturated carbocycles. The molecule has 0 radical (unpaired) electrons. The molecule has 6 aromatic rings. The van der Waals surface area contributed by atoms with Crippen LogP contribution < -0.4 is 0 Å². The smallest absolute Gasteiger partial charge is 0.481 e. The van der Waals surface area contributed by atoms with Crippen LogP contribution in [0, 0.1) is 27.7 Å². The normalized spacial score (nSPS) is 9.67. The molecule has 2 N–H and O–H groups in total. The van der Waals surface area contributed by atoms with Crippen molar-refractivity contribution in [3.05, 3.63) is 95.6 Å². The predicted octanol–water partition coefficient (Wildman–Crippen LogP) is 6.98. The minimum atomic E-state index is -0.833. The number of hydrogen-bond acceptors (Lipinski definition) is 6. The zero-order valence-electron chi connectivity index (χ0n) is 24.1. The quantitative estimate of drug-likeness (QED) is 0.126. The topological polar surface area (TPSA) is 126 Å². The van der Waals surface area contributed by atoms with E-state index in [0.29, 0.717) is 0 Å². The largest absolute Gasteiger partial charge is 2.00 e. The van der Waals surface area contributed by atoms with E-state index in [1.807, 2.05) is 52.0 Å². The van der Waals surface area contributed by atoms with E-state index < -0.39 is 11.9 Å². The van der Waals surface area contributed by atoms with Crippen molar-refractivity contribution < 1.29 is 60.6 Å². The third kappa shape index (κ3) is 10.3. The molecule has 0 saturated heterocycles. The molecular formula is C32H32N4O4Pd2+4. The van der Waals surface area contributed by atoms with Crippen molar-refractivity contribution in [3.63, 3.8) is 0 Å². The van der Waals surface area contributed by atoms with Gasteiger partial charge in [0.25, 0.3) is 11.9 Å². The van der Waals surface area contributed by atoms with Crippen molar-refractivity contribution in [2.45, 2.75) is 41.5 Å². The summed E-state index contributed by atoms with van der Waals surface area (Å²) in [5.74, 6) is -1.67. The molecule has 6 rings (SSSR count). The monoisotopic (exact) mass is 748 g/mol. The number of carboxylic acid groups (broad SMARTS) is 2. The summed E-state index contributed by atoms with van der Waals surface area (Å²) in [6.45, 7) is 10.2. The third-order valence-corrected chi connectivity index (χ3v) is 5.60. The fourth-order valence-corrected chi connectivity index (χ4v) is 3.93. The summed E-state index contributed by atoms with van der Waals surface area (Å²) in [6, 6.07) is 24.9. The van der Waals surface area contributed by atoms with Crippen LogP contribution >= 0.6 is 0 Å². The number of aryl methyl sites for hydroxylation is 4. The first-order valence-corrected chi connectivity index (χ1v) is 12.6. The Morgan fingerprint density at radius 2 is 0.571 bits per heavy atom. The second kappa shape index (κ2) is 16.7. The number of rotatable bonds is 0. The molecule has 42 heavy (non-hydrogen) atoms. The number of aliphatic carboxylic acids is 2. The molecule has 0 spiro atoms. The minimum Gasteiger partial charge on any atom is -0.481 e. The fraction of sp³-hybridized carbons (Fsp3) is 0.188. The van der Waals surface area contributed by atoms with Crippen LogP contribution in [0.25, 0.3) is 43.6 Å². The number of carboxylic acids is 2. The molecule has 220 valence electrons. The van der Waals surface area contributed by atoms with Crippen LogP contribution in [0.5, 0.6) is 0 Å². The Bertz CT molecular complexity index is 1580. The van der Waals surface area contributed by atoms with Crippen LogP contribution in [-0.2, 0) is 50.4 Å². The zero-order chi connectivity index (χ0) is 29.4. The van der Waals surface area contributed by atoms with E-state index in [1.54, 1.807) is 0 Å². The van der Waals surface area contributed by atoms with Gasteiger partial charge in [0.15, 0.2) is 0 Å². The predicted molar refractivity (Wildman–Crippen MR) is 160 cm³/mol. The van der Waals surface area contributed by atoms with Crippen molar-refractivity contribution in [2.75, 3.05) is 0 Å². The fourth-order valence-electron chi connectivity index (χ4n) is 3.93. The summed E-state index contributed by atoms with van der Waals surface area (Å²) < 4.78 is 0. The van der Waals surface area contributed by atoms with E-state index in [4.69, 9.17) is 19.8 Å². The molecule has 0 aliphatic heterocycles. The standard InChI is InChI=1S/2C14H12N2.2C2H4O2.2Pd/c2*1-9-3-5-11-7-8-12-6-4-10(2)16-14(12)13(11)15-9;2*1-2(3)4;;/h2*3-8H,1-2H3;2*1H3,(H,3,4);;/q;;;;2*+2. The molecule has 10 heteroatoms. The first-order chi connectivity index (χ1) is 18.9. The van der Waals surface area contributed by atoms with Gasteiger partial charge in [-0.05, 0) is 52.0 Å². The molecule has 0 bridgehead atoms. The Morgan fingerprint density at radius 3 is 0.738 bits per heavy atom.